The zero-order valence-electron chi connectivity index (χ0n) is 11.2. The van der Waals surface area contributed by atoms with Crippen molar-refractivity contribution in [2.24, 2.45) is 0 Å². The van der Waals surface area contributed by atoms with Gasteiger partial charge in [-0.15, -0.1) is 0 Å². The van der Waals surface area contributed by atoms with E-state index < -0.39 is 0 Å². The Balaban J connectivity index is 2.05. The van der Waals surface area contributed by atoms with Crippen LogP contribution in [0.15, 0.2) is 24.3 Å². The Morgan fingerprint density at radius 3 is 2.75 bits per heavy atom. The van der Waals surface area contributed by atoms with Gasteiger partial charge in [-0.2, -0.15) is 0 Å². The Hall–Kier alpha value is -2.21. The molecule has 0 bridgehead atoms. The van der Waals surface area contributed by atoms with Crippen LogP contribution < -0.4 is 4.90 Å². The van der Waals surface area contributed by atoms with Crippen molar-refractivity contribution in [3.63, 3.8) is 0 Å². The van der Waals surface area contributed by atoms with E-state index >= 15 is 0 Å². The fourth-order valence-electron chi connectivity index (χ4n) is 2.43. The SMILES string of the molecule is Cc1cc(N2CCOCC2)nc2ccc([N+](=O)[O-])cc12. The topological polar surface area (TPSA) is 68.5 Å². The first-order valence-electron chi connectivity index (χ1n) is 6.53. The molecule has 0 unspecified atom stereocenters. The number of nitro groups is 1. The average Bonchev–Trinajstić information content (AvgIpc) is 2.47. The number of nitrogens with zero attached hydrogens (tertiary/aromatic N) is 3. The van der Waals surface area contributed by atoms with Crippen molar-refractivity contribution in [3.05, 3.63) is 39.9 Å². The Bertz CT molecular complexity index is 666. The maximum Gasteiger partial charge on any atom is 0.270 e. The molecule has 1 aromatic heterocycles. The summed E-state index contributed by atoms with van der Waals surface area (Å²) in [4.78, 5) is 17.2. The van der Waals surface area contributed by atoms with Crippen molar-refractivity contribution in [1.82, 2.24) is 4.98 Å². The average molecular weight is 273 g/mol. The fraction of sp³-hybridized carbons (Fsp3) is 0.357. The normalized spacial score (nSPS) is 15.6. The maximum absolute atomic E-state index is 10.8. The van der Waals surface area contributed by atoms with Crippen LogP contribution in [0.2, 0.25) is 0 Å². The lowest BCUT2D eigenvalue weighted by Crippen LogP contribution is -2.36. The lowest BCUT2D eigenvalue weighted by atomic mass is 10.1. The molecule has 20 heavy (non-hydrogen) atoms. The first-order chi connectivity index (χ1) is 9.65. The first-order valence-corrected chi connectivity index (χ1v) is 6.53. The van der Waals surface area contributed by atoms with Gasteiger partial charge in [-0.3, -0.25) is 10.1 Å². The highest BCUT2D eigenvalue weighted by Crippen LogP contribution is 2.26. The monoisotopic (exact) mass is 273 g/mol. The fourth-order valence-corrected chi connectivity index (χ4v) is 2.43. The van der Waals surface area contributed by atoms with Gasteiger partial charge in [0.15, 0.2) is 0 Å². The summed E-state index contributed by atoms with van der Waals surface area (Å²) in [6, 6.07) is 6.78. The summed E-state index contributed by atoms with van der Waals surface area (Å²) in [5, 5.41) is 11.7. The number of hydrogen-bond acceptors (Lipinski definition) is 5. The Morgan fingerprint density at radius 2 is 2.05 bits per heavy atom. The first kappa shape index (κ1) is 12.8. The van der Waals surface area contributed by atoms with Gasteiger partial charge >= 0.3 is 0 Å². The van der Waals surface area contributed by atoms with Crippen molar-refractivity contribution in [1.29, 1.82) is 0 Å². The van der Waals surface area contributed by atoms with E-state index in [2.05, 4.69) is 9.88 Å². The Kier molecular flexibility index (Phi) is 3.23. The van der Waals surface area contributed by atoms with E-state index in [-0.39, 0.29) is 10.6 Å². The second-order valence-corrected chi connectivity index (χ2v) is 4.86. The number of benzene rings is 1. The minimum absolute atomic E-state index is 0.0986. The third-order valence-corrected chi connectivity index (χ3v) is 3.53. The molecule has 0 aliphatic carbocycles. The highest BCUT2D eigenvalue weighted by molar-refractivity contribution is 5.86. The van der Waals surface area contributed by atoms with E-state index in [0.29, 0.717) is 13.2 Å². The summed E-state index contributed by atoms with van der Waals surface area (Å²) >= 11 is 0. The van der Waals surface area contributed by atoms with Crippen LogP contribution in [-0.2, 0) is 4.74 Å². The zero-order chi connectivity index (χ0) is 14.1. The summed E-state index contributed by atoms with van der Waals surface area (Å²) < 4.78 is 5.34. The molecule has 6 nitrogen and oxygen atoms in total. The lowest BCUT2D eigenvalue weighted by molar-refractivity contribution is -0.384. The molecule has 3 rings (SSSR count). The maximum atomic E-state index is 10.8. The van der Waals surface area contributed by atoms with Crippen molar-refractivity contribution in [2.75, 3.05) is 31.2 Å². The van der Waals surface area contributed by atoms with Gasteiger partial charge in [0.05, 0.1) is 23.7 Å². The predicted octanol–water partition coefficient (Wildman–Crippen LogP) is 2.29. The third-order valence-electron chi connectivity index (χ3n) is 3.53. The van der Waals surface area contributed by atoms with Gasteiger partial charge < -0.3 is 9.64 Å². The number of nitro benzene ring substituents is 1. The van der Waals surface area contributed by atoms with Gasteiger partial charge in [0.1, 0.15) is 5.82 Å². The summed E-state index contributed by atoms with van der Waals surface area (Å²) in [5.41, 5.74) is 1.89. The number of rotatable bonds is 2. The molecule has 1 aliphatic rings. The standard InChI is InChI=1S/C14H15N3O3/c1-10-8-14(16-4-6-20-7-5-16)15-13-3-2-11(17(18)19)9-12(10)13/h2-3,8-9H,4-7H2,1H3. The second-order valence-electron chi connectivity index (χ2n) is 4.86. The van der Waals surface area contributed by atoms with Crippen molar-refractivity contribution in [3.8, 4) is 0 Å². The van der Waals surface area contributed by atoms with Gasteiger partial charge in [0.25, 0.3) is 5.69 Å². The van der Waals surface area contributed by atoms with Gasteiger partial charge in [-0.1, -0.05) is 0 Å². The van der Waals surface area contributed by atoms with Crippen molar-refractivity contribution in [2.45, 2.75) is 6.92 Å². The van der Waals surface area contributed by atoms with E-state index in [4.69, 9.17) is 4.74 Å². The minimum atomic E-state index is -0.380. The summed E-state index contributed by atoms with van der Waals surface area (Å²) in [6.45, 7) is 5.02. The Labute approximate surface area is 116 Å². The highest BCUT2D eigenvalue weighted by Gasteiger charge is 2.15. The Morgan fingerprint density at radius 1 is 1.30 bits per heavy atom. The molecule has 1 aliphatic heterocycles. The van der Waals surface area contributed by atoms with Crippen LogP contribution in [0.3, 0.4) is 0 Å². The van der Waals surface area contributed by atoms with Crippen LogP contribution in [0.25, 0.3) is 10.9 Å². The van der Waals surface area contributed by atoms with E-state index in [9.17, 15) is 10.1 Å². The van der Waals surface area contributed by atoms with Crippen LogP contribution in [0.1, 0.15) is 5.56 Å². The van der Waals surface area contributed by atoms with Gasteiger partial charge in [0.2, 0.25) is 0 Å². The van der Waals surface area contributed by atoms with Crippen LogP contribution in [-0.4, -0.2) is 36.2 Å². The molecule has 1 aromatic carbocycles. The summed E-state index contributed by atoms with van der Waals surface area (Å²) in [6.07, 6.45) is 0. The molecule has 104 valence electrons. The number of hydrogen-bond donors (Lipinski definition) is 0. The highest BCUT2D eigenvalue weighted by atomic mass is 16.6. The van der Waals surface area contributed by atoms with E-state index in [0.717, 1.165) is 35.4 Å². The van der Waals surface area contributed by atoms with Crippen molar-refractivity contribution < 1.29 is 9.66 Å². The molecule has 0 atom stereocenters. The number of non-ortho nitro benzene ring substituents is 1. The van der Waals surface area contributed by atoms with Crippen molar-refractivity contribution >= 4 is 22.4 Å². The number of aromatic nitrogens is 1. The number of pyridine rings is 1. The zero-order valence-corrected chi connectivity index (χ0v) is 11.2. The molecule has 1 saturated heterocycles. The predicted molar refractivity (Wildman–Crippen MR) is 76.2 cm³/mol. The number of anilines is 1. The van der Waals surface area contributed by atoms with E-state index in [1.54, 1.807) is 12.1 Å². The molecular formula is C14H15N3O3. The van der Waals surface area contributed by atoms with Gasteiger partial charge in [0, 0.05) is 30.6 Å². The largest absolute Gasteiger partial charge is 0.378 e. The molecule has 0 N–H and O–H groups in total. The molecule has 1 fully saturated rings. The van der Waals surface area contributed by atoms with Gasteiger partial charge in [-0.25, -0.2) is 4.98 Å². The smallest absolute Gasteiger partial charge is 0.270 e. The van der Waals surface area contributed by atoms with Gasteiger partial charge in [-0.05, 0) is 24.6 Å². The number of morpholine rings is 1. The molecule has 0 amide bonds. The molecule has 0 radical (unpaired) electrons. The molecular weight excluding hydrogens is 258 g/mol. The number of fused-ring (bicyclic) bond motifs is 1. The molecule has 2 aromatic rings. The second kappa shape index (κ2) is 5.05. The lowest BCUT2D eigenvalue weighted by Gasteiger charge is -2.28. The summed E-state index contributed by atoms with van der Waals surface area (Å²) in [7, 11) is 0. The van der Waals surface area contributed by atoms with Crippen LogP contribution in [0, 0.1) is 17.0 Å². The summed E-state index contributed by atoms with van der Waals surface area (Å²) in [5.74, 6) is 0.909. The minimum Gasteiger partial charge on any atom is -0.378 e. The quantitative estimate of drug-likeness (QED) is 0.620. The number of ether oxygens (including phenoxy) is 1. The molecule has 6 heteroatoms. The molecule has 0 spiro atoms. The van der Waals surface area contributed by atoms with E-state index in [1.165, 1.54) is 6.07 Å². The van der Waals surface area contributed by atoms with Crippen LogP contribution in [0.4, 0.5) is 11.5 Å². The van der Waals surface area contributed by atoms with Crippen LogP contribution in [0.5, 0.6) is 0 Å². The molecule has 2 heterocycles. The third kappa shape index (κ3) is 2.30. The van der Waals surface area contributed by atoms with E-state index in [1.807, 2.05) is 13.0 Å². The van der Waals surface area contributed by atoms with Crippen LogP contribution >= 0.6 is 0 Å². The molecule has 0 saturated carbocycles. The number of aryl methyl sites for hydroxylation is 1.